The van der Waals surface area contributed by atoms with E-state index in [0.29, 0.717) is 5.56 Å². The van der Waals surface area contributed by atoms with Crippen LogP contribution in [0.3, 0.4) is 0 Å². The molecule has 2 rings (SSSR count). The standard InChI is InChI=1S/C10H11BrN4/c11-8-3-7(4-12)10(14-5-8)15-2-1-9(13)6-15/h3,5,9H,1-2,6,13H2/t9-/m1/s1. The second kappa shape index (κ2) is 4.17. The van der Waals surface area contributed by atoms with Crippen LogP contribution in [-0.2, 0) is 0 Å². The molecule has 0 unspecified atom stereocenters. The highest BCUT2D eigenvalue weighted by atomic mass is 79.9. The van der Waals surface area contributed by atoms with Gasteiger partial charge in [0.2, 0.25) is 0 Å². The zero-order valence-electron chi connectivity index (χ0n) is 8.15. The Morgan fingerprint density at radius 1 is 1.67 bits per heavy atom. The molecule has 1 fully saturated rings. The van der Waals surface area contributed by atoms with Crippen LogP contribution < -0.4 is 10.6 Å². The quantitative estimate of drug-likeness (QED) is 0.831. The lowest BCUT2D eigenvalue weighted by Gasteiger charge is -2.17. The van der Waals surface area contributed by atoms with Gasteiger partial charge in [0, 0.05) is 29.8 Å². The van der Waals surface area contributed by atoms with Crippen LogP contribution in [0, 0.1) is 11.3 Å². The van der Waals surface area contributed by atoms with E-state index in [4.69, 9.17) is 11.0 Å². The molecule has 0 bridgehead atoms. The Labute approximate surface area is 96.8 Å². The first-order valence-corrected chi connectivity index (χ1v) is 5.56. The zero-order chi connectivity index (χ0) is 10.8. The van der Waals surface area contributed by atoms with Crippen LogP contribution in [0.4, 0.5) is 5.82 Å². The van der Waals surface area contributed by atoms with Crippen LogP contribution >= 0.6 is 15.9 Å². The van der Waals surface area contributed by atoms with Gasteiger partial charge in [0.15, 0.2) is 0 Å². The summed E-state index contributed by atoms with van der Waals surface area (Å²) in [5.41, 5.74) is 6.42. The van der Waals surface area contributed by atoms with Crippen LogP contribution in [0.25, 0.3) is 0 Å². The Balaban J connectivity index is 2.32. The highest BCUT2D eigenvalue weighted by molar-refractivity contribution is 9.10. The molecule has 2 N–H and O–H groups in total. The SMILES string of the molecule is N#Cc1cc(Br)cnc1N1CC[C@@H](N)C1. The maximum Gasteiger partial charge on any atom is 0.146 e. The molecule has 1 saturated heterocycles. The van der Waals surface area contributed by atoms with E-state index >= 15 is 0 Å². The third kappa shape index (κ3) is 2.11. The molecule has 15 heavy (non-hydrogen) atoms. The second-order valence-electron chi connectivity index (χ2n) is 3.63. The first kappa shape index (κ1) is 10.4. The summed E-state index contributed by atoms with van der Waals surface area (Å²) >= 11 is 3.30. The number of hydrogen-bond donors (Lipinski definition) is 1. The minimum Gasteiger partial charge on any atom is -0.354 e. The first-order valence-electron chi connectivity index (χ1n) is 4.77. The monoisotopic (exact) mass is 266 g/mol. The number of rotatable bonds is 1. The normalized spacial score (nSPS) is 20.3. The molecule has 0 saturated carbocycles. The molecule has 1 aromatic heterocycles. The highest BCUT2D eigenvalue weighted by Gasteiger charge is 2.22. The Morgan fingerprint density at radius 2 is 2.47 bits per heavy atom. The van der Waals surface area contributed by atoms with E-state index in [0.717, 1.165) is 29.8 Å². The fourth-order valence-electron chi connectivity index (χ4n) is 1.75. The second-order valence-corrected chi connectivity index (χ2v) is 4.55. The molecule has 0 spiro atoms. The first-order chi connectivity index (χ1) is 7.20. The van der Waals surface area contributed by atoms with Crippen molar-refractivity contribution in [1.82, 2.24) is 4.98 Å². The van der Waals surface area contributed by atoms with Crippen molar-refractivity contribution in [1.29, 1.82) is 5.26 Å². The summed E-state index contributed by atoms with van der Waals surface area (Å²) < 4.78 is 0.825. The number of pyridine rings is 1. The summed E-state index contributed by atoms with van der Waals surface area (Å²) in [4.78, 5) is 6.33. The van der Waals surface area contributed by atoms with Gasteiger partial charge >= 0.3 is 0 Å². The molecule has 4 nitrogen and oxygen atoms in total. The van der Waals surface area contributed by atoms with Crippen LogP contribution in [0.1, 0.15) is 12.0 Å². The molecule has 1 atom stereocenters. The van der Waals surface area contributed by atoms with Gasteiger partial charge in [0.05, 0.1) is 5.56 Å². The summed E-state index contributed by atoms with van der Waals surface area (Å²) in [6, 6.07) is 4.13. The van der Waals surface area contributed by atoms with Gasteiger partial charge in [-0.15, -0.1) is 0 Å². The Kier molecular flexibility index (Phi) is 2.89. The molecule has 2 heterocycles. The Morgan fingerprint density at radius 3 is 3.07 bits per heavy atom. The summed E-state index contributed by atoms with van der Waals surface area (Å²) in [6.45, 7) is 1.66. The van der Waals surface area contributed by atoms with E-state index in [-0.39, 0.29) is 6.04 Å². The van der Waals surface area contributed by atoms with Crippen molar-refractivity contribution in [2.75, 3.05) is 18.0 Å². The van der Waals surface area contributed by atoms with Gasteiger partial charge in [0.1, 0.15) is 11.9 Å². The summed E-state index contributed by atoms with van der Waals surface area (Å²) in [5, 5.41) is 9.00. The lowest BCUT2D eigenvalue weighted by molar-refractivity contribution is 0.751. The van der Waals surface area contributed by atoms with E-state index in [2.05, 4.69) is 31.9 Å². The number of nitrogens with zero attached hydrogens (tertiary/aromatic N) is 3. The fourth-order valence-corrected chi connectivity index (χ4v) is 2.08. The molecular formula is C10H11BrN4. The minimum atomic E-state index is 0.196. The smallest absolute Gasteiger partial charge is 0.146 e. The van der Waals surface area contributed by atoms with Crippen LogP contribution in [0.5, 0.6) is 0 Å². The fraction of sp³-hybridized carbons (Fsp3) is 0.400. The van der Waals surface area contributed by atoms with Gasteiger partial charge < -0.3 is 10.6 Å². The number of aromatic nitrogens is 1. The highest BCUT2D eigenvalue weighted by Crippen LogP contribution is 2.23. The third-order valence-electron chi connectivity index (χ3n) is 2.48. The third-order valence-corrected chi connectivity index (χ3v) is 2.91. The molecule has 0 radical (unpaired) electrons. The van der Waals surface area contributed by atoms with Crippen molar-refractivity contribution in [3.63, 3.8) is 0 Å². The largest absolute Gasteiger partial charge is 0.354 e. The maximum atomic E-state index is 9.00. The van der Waals surface area contributed by atoms with Crippen molar-refractivity contribution in [2.45, 2.75) is 12.5 Å². The van der Waals surface area contributed by atoms with E-state index < -0.39 is 0 Å². The van der Waals surface area contributed by atoms with Gasteiger partial charge in [0.25, 0.3) is 0 Å². The van der Waals surface area contributed by atoms with Gasteiger partial charge in [-0.2, -0.15) is 5.26 Å². The van der Waals surface area contributed by atoms with Gasteiger partial charge in [-0.1, -0.05) is 0 Å². The molecule has 1 aromatic rings. The van der Waals surface area contributed by atoms with Gasteiger partial charge in [-0.25, -0.2) is 4.98 Å². The van der Waals surface area contributed by atoms with Crippen molar-refractivity contribution in [3.8, 4) is 6.07 Å². The van der Waals surface area contributed by atoms with Gasteiger partial charge in [-0.3, -0.25) is 0 Å². The molecule has 78 valence electrons. The van der Waals surface area contributed by atoms with Crippen molar-refractivity contribution >= 4 is 21.7 Å². The van der Waals surface area contributed by atoms with Crippen LogP contribution in [-0.4, -0.2) is 24.1 Å². The molecular weight excluding hydrogens is 256 g/mol. The summed E-state index contributed by atoms with van der Waals surface area (Å²) in [7, 11) is 0. The van der Waals surface area contributed by atoms with E-state index in [9.17, 15) is 0 Å². The zero-order valence-corrected chi connectivity index (χ0v) is 9.74. The van der Waals surface area contributed by atoms with Crippen LogP contribution in [0.15, 0.2) is 16.7 Å². The average Bonchev–Trinajstić information content (AvgIpc) is 2.64. The average molecular weight is 267 g/mol. The predicted octanol–water partition coefficient (Wildman–Crippen LogP) is 1.25. The lowest BCUT2D eigenvalue weighted by atomic mass is 10.2. The van der Waals surface area contributed by atoms with Crippen LogP contribution in [0.2, 0.25) is 0 Å². The van der Waals surface area contributed by atoms with E-state index in [1.54, 1.807) is 12.3 Å². The van der Waals surface area contributed by atoms with Crippen molar-refractivity contribution in [2.24, 2.45) is 5.73 Å². The maximum absolute atomic E-state index is 9.00. The molecule has 1 aliphatic rings. The number of nitriles is 1. The summed E-state index contributed by atoms with van der Waals surface area (Å²) in [6.07, 6.45) is 2.67. The summed E-state index contributed by atoms with van der Waals surface area (Å²) in [5.74, 6) is 0.744. The van der Waals surface area contributed by atoms with E-state index in [1.165, 1.54) is 0 Å². The van der Waals surface area contributed by atoms with E-state index in [1.807, 2.05) is 0 Å². The lowest BCUT2D eigenvalue weighted by Crippen LogP contribution is -2.27. The predicted molar refractivity (Wildman–Crippen MR) is 61.5 cm³/mol. The Bertz CT molecular complexity index is 412. The minimum absolute atomic E-state index is 0.196. The molecule has 0 aromatic carbocycles. The molecule has 5 heteroatoms. The number of hydrogen-bond acceptors (Lipinski definition) is 4. The van der Waals surface area contributed by atoms with Crippen molar-refractivity contribution in [3.05, 3.63) is 22.3 Å². The van der Waals surface area contributed by atoms with Crippen molar-refractivity contribution < 1.29 is 0 Å². The molecule has 0 aliphatic carbocycles. The molecule has 0 amide bonds. The molecule has 1 aliphatic heterocycles. The Hall–Kier alpha value is -1.12. The number of nitrogens with two attached hydrogens (primary N) is 1. The topological polar surface area (TPSA) is 65.9 Å². The van der Waals surface area contributed by atoms with Gasteiger partial charge in [-0.05, 0) is 28.4 Å². The number of anilines is 1. The number of halogens is 1.